The van der Waals surface area contributed by atoms with E-state index in [-0.39, 0.29) is 15.7 Å². The highest BCUT2D eigenvalue weighted by Gasteiger charge is 2.16. The van der Waals surface area contributed by atoms with Gasteiger partial charge in [-0.2, -0.15) is 9.97 Å². The molecule has 2 heterocycles. The molecule has 0 amide bonds. The molecule has 11 nitrogen and oxygen atoms in total. The van der Waals surface area contributed by atoms with Crippen LogP contribution in [0.2, 0.25) is 0 Å². The minimum Gasteiger partial charge on any atom is -0.481 e. The second kappa shape index (κ2) is 9.89. The van der Waals surface area contributed by atoms with Gasteiger partial charge in [-0.25, -0.2) is 22.9 Å². The summed E-state index contributed by atoms with van der Waals surface area (Å²) in [6.45, 7) is 4.02. The van der Waals surface area contributed by atoms with E-state index in [0.717, 1.165) is 16.9 Å². The predicted molar refractivity (Wildman–Crippen MR) is 120 cm³/mol. The molecule has 0 saturated carbocycles. The largest absolute Gasteiger partial charge is 0.481 e. The minimum atomic E-state index is -3.50. The van der Waals surface area contributed by atoms with Gasteiger partial charge in [0.05, 0.1) is 17.7 Å². The lowest BCUT2D eigenvalue weighted by Gasteiger charge is -2.10. The molecule has 0 bridgehead atoms. The number of carboxylic acids is 1. The fraction of sp³-hybridized carbons (Fsp3) is 0.263. The number of carbonyl (C=O) groups is 1. The van der Waals surface area contributed by atoms with Crippen LogP contribution in [0.4, 0.5) is 16.9 Å². The number of carboxylic acid groups (broad SMARTS) is 1. The number of rotatable bonds is 10. The third kappa shape index (κ3) is 5.69. The summed E-state index contributed by atoms with van der Waals surface area (Å²) in [6.07, 6.45) is 0. The molecule has 0 saturated heterocycles. The number of hydrogen-bond acceptors (Lipinski definition) is 10. The first-order chi connectivity index (χ1) is 15.2. The normalized spacial score (nSPS) is 11.2. The van der Waals surface area contributed by atoms with Crippen molar-refractivity contribution in [3.05, 3.63) is 46.5 Å². The van der Waals surface area contributed by atoms with Gasteiger partial charge < -0.3 is 15.2 Å². The summed E-state index contributed by atoms with van der Waals surface area (Å²) >= 11 is 0.981. The van der Waals surface area contributed by atoms with Crippen LogP contribution in [0.5, 0.6) is 5.88 Å². The zero-order valence-corrected chi connectivity index (χ0v) is 19.2. The first kappa shape index (κ1) is 23.4. The molecule has 13 heteroatoms. The molecular weight excluding hydrogens is 456 g/mol. The van der Waals surface area contributed by atoms with E-state index in [4.69, 9.17) is 4.74 Å². The molecular formula is C19H22N6O5S2. The van der Waals surface area contributed by atoms with Gasteiger partial charge in [-0.05, 0) is 24.6 Å². The smallest absolute Gasteiger partial charge is 0.347 e. The zero-order valence-electron chi connectivity index (χ0n) is 17.5. The van der Waals surface area contributed by atoms with Crippen LogP contribution < -0.4 is 20.1 Å². The number of ether oxygens (including phenoxy) is 1. The quantitative estimate of drug-likeness (QED) is 0.342. The first-order valence-corrected chi connectivity index (χ1v) is 11.7. The highest BCUT2D eigenvalue weighted by Crippen LogP contribution is 2.26. The third-order valence-electron chi connectivity index (χ3n) is 4.16. The van der Waals surface area contributed by atoms with Gasteiger partial charge in [0.1, 0.15) is 10.7 Å². The van der Waals surface area contributed by atoms with Crippen LogP contribution in [0.25, 0.3) is 0 Å². The summed E-state index contributed by atoms with van der Waals surface area (Å²) < 4.78 is 31.7. The third-order valence-corrected chi connectivity index (χ3v) is 6.79. The Morgan fingerprint density at radius 1 is 1.19 bits per heavy atom. The Morgan fingerprint density at radius 3 is 2.50 bits per heavy atom. The number of aromatic carboxylic acids is 1. The number of thiazole rings is 1. The van der Waals surface area contributed by atoms with Gasteiger partial charge in [0, 0.05) is 19.2 Å². The molecule has 0 fully saturated rings. The van der Waals surface area contributed by atoms with Crippen LogP contribution in [0, 0.1) is 6.92 Å². The number of methoxy groups -OCH3 is 1. The lowest BCUT2D eigenvalue weighted by Crippen LogP contribution is -2.23. The molecule has 0 radical (unpaired) electrons. The Labute approximate surface area is 189 Å². The molecule has 0 spiro atoms. The van der Waals surface area contributed by atoms with E-state index in [1.54, 1.807) is 32.0 Å². The van der Waals surface area contributed by atoms with Gasteiger partial charge in [-0.15, -0.1) is 0 Å². The van der Waals surface area contributed by atoms with E-state index in [9.17, 15) is 18.3 Å². The Hall–Kier alpha value is -3.29. The summed E-state index contributed by atoms with van der Waals surface area (Å²) in [6, 6.07) is 8.09. The van der Waals surface area contributed by atoms with Crippen LogP contribution in [-0.2, 0) is 16.6 Å². The van der Waals surface area contributed by atoms with Crippen molar-refractivity contribution in [2.75, 3.05) is 24.3 Å². The van der Waals surface area contributed by atoms with E-state index in [2.05, 4.69) is 30.3 Å². The SMILES string of the molecule is CCNS(=O)(=O)c1ccc(CNc2cc(OC)nc(Nc3nc(C)c(C(=O)O)s3)n2)cc1. The summed E-state index contributed by atoms with van der Waals surface area (Å²) in [5, 5.41) is 15.6. The number of nitrogens with one attached hydrogen (secondary N) is 3. The Morgan fingerprint density at radius 2 is 1.91 bits per heavy atom. The maximum atomic E-state index is 12.0. The van der Waals surface area contributed by atoms with Crippen molar-refractivity contribution >= 4 is 44.2 Å². The van der Waals surface area contributed by atoms with Crippen LogP contribution in [0.3, 0.4) is 0 Å². The average Bonchev–Trinajstić information content (AvgIpc) is 3.12. The lowest BCUT2D eigenvalue weighted by molar-refractivity contribution is 0.0701. The highest BCUT2D eigenvalue weighted by molar-refractivity contribution is 7.89. The van der Waals surface area contributed by atoms with E-state index in [1.165, 1.54) is 19.2 Å². The van der Waals surface area contributed by atoms with Gasteiger partial charge in [-0.3, -0.25) is 5.32 Å². The number of aryl methyl sites for hydroxylation is 1. The lowest BCUT2D eigenvalue weighted by atomic mass is 10.2. The molecule has 0 unspecified atom stereocenters. The molecule has 3 aromatic rings. The number of benzene rings is 1. The van der Waals surface area contributed by atoms with E-state index >= 15 is 0 Å². The van der Waals surface area contributed by atoms with Gasteiger partial charge >= 0.3 is 5.97 Å². The maximum absolute atomic E-state index is 12.0. The Balaban J connectivity index is 1.73. The van der Waals surface area contributed by atoms with Crippen molar-refractivity contribution in [2.24, 2.45) is 0 Å². The first-order valence-electron chi connectivity index (χ1n) is 9.45. The van der Waals surface area contributed by atoms with Crippen molar-refractivity contribution in [1.82, 2.24) is 19.7 Å². The molecule has 4 N–H and O–H groups in total. The van der Waals surface area contributed by atoms with Gasteiger partial charge in [-0.1, -0.05) is 30.4 Å². The van der Waals surface area contributed by atoms with Crippen molar-refractivity contribution < 1.29 is 23.1 Å². The minimum absolute atomic E-state index is 0.133. The molecule has 1 aromatic carbocycles. The summed E-state index contributed by atoms with van der Waals surface area (Å²) in [5.41, 5.74) is 1.24. The van der Waals surface area contributed by atoms with Crippen LogP contribution in [0.15, 0.2) is 35.2 Å². The average molecular weight is 479 g/mol. The number of aromatic nitrogens is 3. The number of anilines is 3. The standard InChI is InChI=1S/C19H22N6O5S2/c1-4-21-32(28,29)13-7-5-12(6-8-13)10-20-14-9-15(30-3)24-18(23-14)25-19-22-11(2)16(31-19)17(26)27/h5-9,21H,4,10H2,1-3H3,(H,26,27)(H2,20,22,23,24,25). The molecule has 0 aliphatic heterocycles. The molecule has 0 atom stereocenters. The summed E-state index contributed by atoms with van der Waals surface area (Å²) in [5.74, 6) is -0.116. The van der Waals surface area contributed by atoms with Crippen LogP contribution in [-0.4, -0.2) is 48.1 Å². The molecule has 0 aliphatic carbocycles. The van der Waals surface area contributed by atoms with Crippen molar-refractivity contribution in [2.45, 2.75) is 25.3 Å². The Kier molecular flexibility index (Phi) is 7.22. The second-order valence-corrected chi connectivity index (χ2v) is 9.25. The maximum Gasteiger partial charge on any atom is 0.347 e. The van der Waals surface area contributed by atoms with Crippen LogP contribution in [0.1, 0.15) is 27.9 Å². The van der Waals surface area contributed by atoms with E-state index < -0.39 is 16.0 Å². The van der Waals surface area contributed by atoms with E-state index in [1.807, 2.05) is 0 Å². The number of hydrogen-bond donors (Lipinski definition) is 4. The predicted octanol–water partition coefficient (Wildman–Crippen LogP) is 2.60. The molecule has 2 aromatic heterocycles. The summed E-state index contributed by atoms with van der Waals surface area (Å²) in [4.78, 5) is 24.3. The van der Waals surface area contributed by atoms with Crippen LogP contribution >= 0.6 is 11.3 Å². The summed E-state index contributed by atoms with van der Waals surface area (Å²) in [7, 11) is -2.04. The second-order valence-electron chi connectivity index (χ2n) is 6.48. The molecule has 32 heavy (non-hydrogen) atoms. The molecule has 3 rings (SSSR count). The Bertz CT molecular complexity index is 1210. The number of sulfonamides is 1. The highest BCUT2D eigenvalue weighted by atomic mass is 32.2. The van der Waals surface area contributed by atoms with Gasteiger partial charge in [0.2, 0.25) is 21.9 Å². The van der Waals surface area contributed by atoms with Crippen molar-refractivity contribution in [3.63, 3.8) is 0 Å². The van der Waals surface area contributed by atoms with Gasteiger partial charge in [0.15, 0.2) is 5.13 Å². The van der Waals surface area contributed by atoms with Crippen molar-refractivity contribution in [1.29, 1.82) is 0 Å². The fourth-order valence-corrected chi connectivity index (χ4v) is 4.51. The van der Waals surface area contributed by atoms with Crippen molar-refractivity contribution in [3.8, 4) is 5.88 Å². The fourth-order valence-electron chi connectivity index (χ4n) is 2.67. The zero-order chi connectivity index (χ0) is 23.3. The molecule has 0 aliphatic rings. The number of nitrogens with zero attached hydrogens (tertiary/aromatic N) is 3. The van der Waals surface area contributed by atoms with E-state index in [0.29, 0.717) is 35.6 Å². The topological polar surface area (TPSA) is 155 Å². The van der Waals surface area contributed by atoms with Gasteiger partial charge in [0.25, 0.3) is 0 Å². The monoisotopic (exact) mass is 478 g/mol. The molecule has 170 valence electrons.